The van der Waals surface area contributed by atoms with Crippen molar-refractivity contribution in [3.8, 4) is 5.75 Å². The second kappa shape index (κ2) is 4.70. The molecule has 2 aromatic rings. The van der Waals surface area contributed by atoms with E-state index < -0.39 is 0 Å². The van der Waals surface area contributed by atoms with Crippen LogP contribution in [0, 0.1) is 13.8 Å². The van der Waals surface area contributed by atoms with Gasteiger partial charge in [-0.15, -0.1) is 11.3 Å². The Morgan fingerprint density at radius 1 is 1.33 bits per heavy atom. The quantitative estimate of drug-likeness (QED) is 0.779. The van der Waals surface area contributed by atoms with E-state index in [1.165, 1.54) is 17.4 Å². The number of hydrogen-bond donors (Lipinski definition) is 3. The average molecular weight is 262 g/mol. The first-order valence-electron chi connectivity index (χ1n) is 5.44. The van der Waals surface area contributed by atoms with Crippen LogP contribution in [0.3, 0.4) is 0 Å². The summed E-state index contributed by atoms with van der Waals surface area (Å²) in [5.41, 5.74) is 7.66. The molecule has 2 rings (SSSR count). The molecule has 0 atom stereocenters. The molecule has 0 spiro atoms. The fourth-order valence-corrected chi connectivity index (χ4v) is 2.32. The van der Waals surface area contributed by atoms with E-state index in [0.717, 1.165) is 10.4 Å². The van der Waals surface area contributed by atoms with Gasteiger partial charge in [0, 0.05) is 22.3 Å². The molecule has 0 radical (unpaired) electrons. The molecular formula is C13H14N2O2S. The zero-order valence-corrected chi connectivity index (χ0v) is 11.0. The third kappa shape index (κ3) is 2.46. The fourth-order valence-electron chi connectivity index (χ4n) is 1.49. The van der Waals surface area contributed by atoms with Gasteiger partial charge in [0.05, 0.1) is 4.88 Å². The van der Waals surface area contributed by atoms with Crippen molar-refractivity contribution in [1.29, 1.82) is 0 Å². The van der Waals surface area contributed by atoms with Crippen LogP contribution in [0.2, 0.25) is 0 Å². The maximum absolute atomic E-state index is 11.9. The molecule has 4 N–H and O–H groups in total. The second-order valence-electron chi connectivity index (χ2n) is 4.08. The predicted octanol–water partition coefficient (Wildman–Crippen LogP) is 2.91. The molecule has 1 heterocycles. The van der Waals surface area contributed by atoms with Crippen LogP contribution >= 0.6 is 11.3 Å². The standard InChI is InChI=1S/C13H14N2O2S/c1-7-3-4-9(5-11(7)16)15-13(17)12-6-10(14)8(2)18-12/h3-6,16H,14H2,1-2H3,(H,15,17). The molecule has 0 bridgehead atoms. The molecule has 1 aromatic heterocycles. The first-order valence-corrected chi connectivity index (χ1v) is 6.26. The van der Waals surface area contributed by atoms with Crippen molar-refractivity contribution in [3.05, 3.63) is 39.6 Å². The first kappa shape index (κ1) is 12.4. The van der Waals surface area contributed by atoms with Crippen molar-refractivity contribution < 1.29 is 9.90 Å². The van der Waals surface area contributed by atoms with Gasteiger partial charge in [0.25, 0.3) is 5.91 Å². The zero-order chi connectivity index (χ0) is 13.3. The minimum Gasteiger partial charge on any atom is -0.508 e. The number of phenolic OH excluding ortho intramolecular Hbond substituents is 1. The molecule has 0 saturated heterocycles. The van der Waals surface area contributed by atoms with E-state index >= 15 is 0 Å². The van der Waals surface area contributed by atoms with Crippen LogP contribution in [0.15, 0.2) is 24.3 Å². The highest BCUT2D eigenvalue weighted by Crippen LogP contribution is 2.25. The van der Waals surface area contributed by atoms with Gasteiger partial charge in [-0.25, -0.2) is 0 Å². The number of nitrogens with two attached hydrogens (primary N) is 1. The van der Waals surface area contributed by atoms with Crippen LogP contribution in [0.1, 0.15) is 20.1 Å². The molecular weight excluding hydrogens is 248 g/mol. The number of hydrogen-bond acceptors (Lipinski definition) is 4. The summed E-state index contributed by atoms with van der Waals surface area (Å²) in [6.45, 7) is 3.67. The normalized spacial score (nSPS) is 10.3. The van der Waals surface area contributed by atoms with E-state index in [1.54, 1.807) is 25.1 Å². The Bertz CT molecular complexity index is 586. The summed E-state index contributed by atoms with van der Waals surface area (Å²) in [6, 6.07) is 6.68. The van der Waals surface area contributed by atoms with E-state index in [0.29, 0.717) is 16.3 Å². The number of aromatic hydroxyl groups is 1. The highest BCUT2D eigenvalue weighted by molar-refractivity contribution is 7.14. The molecule has 0 saturated carbocycles. The Morgan fingerprint density at radius 2 is 2.06 bits per heavy atom. The molecule has 5 heteroatoms. The summed E-state index contributed by atoms with van der Waals surface area (Å²) < 4.78 is 0. The van der Waals surface area contributed by atoms with Crippen molar-refractivity contribution in [1.82, 2.24) is 0 Å². The van der Waals surface area contributed by atoms with E-state index in [9.17, 15) is 9.90 Å². The van der Waals surface area contributed by atoms with E-state index in [-0.39, 0.29) is 11.7 Å². The number of anilines is 2. The van der Waals surface area contributed by atoms with Gasteiger partial charge in [0.15, 0.2) is 0 Å². The van der Waals surface area contributed by atoms with Gasteiger partial charge >= 0.3 is 0 Å². The molecule has 0 unspecified atom stereocenters. The lowest BCUT2D eigenvalue weighted by molar-refractivity contribution is 0.103. The summed E-state index contributed by atoms with van der Waals surface area (Å²) in [6.07, 6.45) is 0. The number of aryl methyl sites for hydroxylation is 2. The number of amides is 1. The second-order valence-corrected chi connectivity index (χ2v) is 5.33. The summed E-state index contributed by atoms with van der Waals surface area (Å²) in [4.78, 5) is 13.4. The Hall–Kier alpha value is -2.01. The lowest BCUT2D eigenvalue weighted by Crippen LogP contribution is -2.10. The van der Waals surface area contributed by atoms with Gasteiger partial charge in [-0.05, 0) is 31.5 Å². The molecule has 0 fully saturated rings. The maximum Gasteiger partial charge on any atom is 0.265 e. The Kier molecular flexibility index (Phi) is 3.25. The summed E-state index contributed by atoms with van der Waals surface area (Å²) in [5, 5.41) is 12.3. The van der Waals surface area contributed by atoms with Gasteiger partial charge in [-0.2, -0.15) is 0 Å². The molecule has 1 aromatic carbocycles. The van der Waals surface area contributed by atoms with Gasteiger partial charge in [0.2, 0.25) is 0 Å². The average Bonchev–Trinajstić information content (AvgIpc) is 2.65. The van der Waals surface area contributed by atoms with Crippen LogP contribution in [-0.2, 0) is 0 Å². The highest BCUT2D eigenvalue weighted by Gasteiger charge is 2.11. The van der Waals surface area contributed by atoms with E-state index in [2.05, 4.69) is 5.32 Å². The number of carbonyl (C=O) groups excluding carboxylic acids is 1. The number of thiophene rings is 1. The van der Waals surface area contributed by atoms with E-state index in [4.69, 9.17) is 5.73 Å². The van der Waals surface area contributed by atoms with Crippen LogP contribution in [0.5, 0.6) is 5.75 Å². The summed E-state index contributed by atoms with van der Waals surface area (Å²) in [7, 11) is 0. The topological polar surface area (TPSA) is 75.4 Å². The highest BCUT2D eigenvalue weighted by atomic mass is 32.1. The summed E-state index contributed by atoms with van der Waals surface area (Å²) in [5.74, 6) is -0.0577. The monoisotopic (exact) mass is 262 g/mol. The summed E-state index contributed by atoms with van der Waals surface area (Å²) >= 11 is 1.35. The zero-order valence-electron chi connectivity index (χ0n) is 10.2. The molecule has 0 aliphatic rings. The molecule has 18 heavy (non-hydrogen) atoms. The third-order valence-electron chi connectivity index (χ3n) is 2.65. The Balaban J connectivity index is 2.18. The number of benzene rings is 1. The van der Waals surface area contributed by atoms with Gasteiger partial charge in [0.1, 0.15) is 5.75 Å². The minimum atomic E-state index is -0.219. The minimum absolute atomic E-state index is 0.162. The van der Waals surface area contributed by atoms with Crippen LogP contribution in [-0.4, -0.2) is 11.0 Å². The van der Waals surface area contributed by atoms with Crippen LogP contribution < -0.4 is 11.1 Å². The predicted molar refractivity (Wildman–Crippen MR) is 74.3 cm³/mol. The number of carbonyl (C=O) groups is 1. The SMILES string of the molecule is Cc1ccc(NC(=O)c2cc(N)c(C)s2)cc1O. The molecule has 1 amide bonds. The molecule has 94 valence electrons. The third-order valence-corrected chi connectivity index (χ3v) is 3.71. The van der Waals surface area contributed by atoms with Crippen molar-refractivity contribution in [3.63, 3.8) is 0 Å². The fraction of sp³-hybridized carbons (Fsp3) is 0.154. The smallest absolute Gasteiger partial charge is 0.265 e. The van der Waals surface area contributed by atoms with Gasteiger partial charge in [-0.1, -0.05) is 6.07 Å². The van der Waals surface area contributed by atoms with Crippen LogP contribution in [0.4, 0.5) is 11.4 Å². The lowest BCUT2D eigenvalue weighted by Gasteiger charge is -2.05. The molecule has 4 nitrogen and oxygen atoms in total. The molecule has 0 aliphatic carbocycles. The van der Waals surface area contributed by atoms with Crippen LogP contribution in [0.25, 0.3) is 0 Å². The first-order chi connectivity index (χ1) is 8.47. The van der Waals surface area contributed by atoms with Gasteiger partial charge in [-0.3, -0.25) is 4.79 Å². The Morgan fingerprint density at radius 3 is 2.61 bits per heavy atom. The number of nitrogen functional groups attached to an aromatic ring is 1. The number of nitrogens with one attached hydrogen (secondary N) is 1. The maximum atomic E-state index is 11.9. The Labute approximate surface area is 109 Å². The van der Waals surface area contributed by atoms with Crippen molar-refractivity contribution >= 4 is 28.6 Å². The lowest BCUT2D eigenvalue weighted by atomic mass is 10.2. The number of phenols is 1. The largest absolute Gasteiger partial charge is 0.508 e. The number of rotatable bonds is 2. The van der Waals surface area contributed by atoms with Gasteiger partial charge < -0.3 is 16.2 Å². The van der Waals surface area contributed by atoms with E-state index in [1.807, 2.05) is 6.92 Å². The molecule has 0 aliphatic heterocycles. The van der Waals surface area contributed by atoms with Crippen molar-refractivity contribution in [2.75, 3.05) is 11.1 Å². The van der Waals surface area contributed by atoms with Crippen molar-refractivity contribution in [2.45, 2.75) is 13.8 Å². The van der Waals surface area contributed by atoms with Crippen molar-refractivity contribution in [2.24, 2.45) is 0 Å².